The lowest BCUT2D eigenvalue weighted by molar-refractivity contribution is -0.155. The summed E-state index contributed by atoms with van der Waals surface area (Å²) in [6.07, 6.45) is 0.219. The second-order valence-electron chi connectivity index (χ2n) is 5.71. The monoisotopic (exact) mass is 293 g/mol. The van der Waals surface area contributed by atoms with Gasteiger partial charge in [-0.3, -0.25) is 9.59 Å². The van der Waals surface area contributed by atoms with Gasteiger partial charge in [0.2, 0.25) is 5.91 Å². The lowest BCUT2D eigenvalue weighted by atomic mass is 10.2. The summed E-state index contributed by atoms with van der Waals surface area (Å²) in [6, 6.07) is 7.43. The quantitative estimate of drug-likeness (QED) is 0.818. The van der Waals surface area contributed by atoms with Crippen molar-refractivity contribution >= 4 is 11.9 Å². The van der Waals surface area contributed by atoms with Gasteiger partial charge in [0.1, 0.15) is 11.4 Å². The second-order valence-corrected chi connectivity index (χ2v) is 5.71. The molecule has 0 aromatic heterocycles. The third-order valence-corrected chi connectivity index (χ3v) is 2.62. The van der Waals surface area contributed by atoms with Crippen molar-refractivity contribution in [1.82, 2.24) is 5.32 Å². The molecule has 1 aromatic rings. The lowest BCUT2D eigenvalue weighted by Gasteiger charge is -2.19. The van der Waals surface area contributed by atoms with Crippen LogP contribution in [0.5, 0.6) is 5.75 Å². The van der Waals surface area contributed by atoms with E-state index in [9.17, 15) is 9.59 Å². The number of methoxy groups -OCH3 is 1. The van der Waals surface area contributed by atoms with Crippen LogP contribution in [0.1, 0.15) is 39.2 Å². The highest BCUT2D eigenvalue weighted by Gasteiger charge is 2.16. The molecule has 0 aliphatic rings. The fourth-order valence-corrected chi connectivity index (χ4v) is 1.64. The van der Waals surface area contributed by atoms with Crippen molar-refractivity contribution in [3.63, 3.8) is 0 Å². The molecule has 5 heteroatoms. The van der Waals surface area contributed by atoms with Gasteiger partial charge in [0.15, 0.2) is 0 Å². The molecule has 1 amide bonds. The minimum atomic E-state index is -0.517. The average Bonchev–Trinajstić information content (AvgIpc) is 2.41. The van der Waals surface area contributed by atoms with E-state index in [-0.39, 0.29) is 24.7 Å². The van der Waals surface area contributed by atoms with E-state index in [4.69, 9.17) is 9.47 Å². The number of carbonyl (C=O) groups is 2. The van der Waals surface area contributed by atoms with E-state index in [0.29, 0.717) is 6.54 Å². The van der Waals surface area contributed by atoms with Gasteiger partial charge in [-0.2, -0.15) is 0 Å². The predicted molar refractivity (Wildman–Crippen MR) is 79.9 cm³/mol. The van der Waals surface area contributed by atoms with Gasteiger partial charge in [-0.1, -0.05) is 12.1 Å². The third kappa shape index (κ3) is 7.34. The van der Waals surface area contributed by atoms with Crippen molar-refractivity contribution in [2.45, 2.75) is 45.8 Å². The van der Waals surface area contributed by atoms with E-state index in [1.165, 1.54) is 0 Å². The molecule has 0 aliphatic heterocycles. The molecule has 1 N–H and O–H groups in total. The number of rotatable bonds is 6. The maximum absolute atomic E-state index is 11.7. The van der Waals surface area contributed by atoms with Gasteiger partial charge in [0.05, 0.1) is 13.5 Å². The maximum atomic E-state index is 11.7. The molecule has 0 aliphatic carbocycles. The molecule has 21 heavy (non-hydrogen) atoms. The SMILES string of the molecule is COc1ccc(CNC(=O)CCC(=O)OC(C)(C)C)cc1. The number of ether oxygens (including phenoxy) is 2. The first kappa shape index (κ1) is 17.0. The molecule has 0 spiro atoms. The molecule has 0 heterocycles. The van der Waals surface area contributed by atoms with E-state index < -0.39 is 5.60 Å². The normalized spacial score (nSPS) is 10.9. The number of esters is 1. The summed E-state index contributed by atoms with van der Waals surface area (Å²) in [5, 5.41) is 2.77. The highest BCUT2D eigenvalue weighted by atomic mass is 16.6. The molecule has 0 saturated heterocycles. The van der Waals surface area contributed by atoms with Crippen LogP contribution in [0.4, 0.5) is 0 Å². The Morgan fingerprint density at radius 1 is 1.10 bits per heavy atom. The Hall–Kier alpha value is -2.04. The van der Waals surface area contributed by atoms with Crippen LogP contribution in [0.25, 0.3) is 0 Å². The lowest BCUT2D eigenvalue weighted by Crippen LogP contribution is -2.26. The summed E-state index contributed by atoms with van der Waals surface area (Å²) < 4.78 is 10.2. The zero-order valence-corrected chi connectivity index (χ0v) is 13.1. The first-order valence-corrected chi connectivity index (χ1v) is 6.91. The summed E-state index contributed by atoms with van der Waals surface area (Å²) in [5.41, 5.74) is 0.456. The number of hydrogen-bond acceptors (Lipinski definition) is 4. The first-order chi connectivity index (χ1) is 9.80. The number of carbonyl (C=O) groups excluding carboxylic acids is 2. The molecule has 0 saturated carbocycles. The van der Waals surface area contributed by atoms with Crippen LogP contribution in [-0.2, 0) is 20.9 Å². The Kier molecular flexibility index (Phi) is 6.21. The second kappa shape index (κ2) is 7.67. The first-order valence-electron chi connectivity index (χ1n) is 6.91. The van der Waals surface area contributed by atoms with Crippen LogP contribution >= 0.6 is 0 Å². The summed E-state index contributed by atoms with van der Waals surface area (Å²) in [7, 11) is 1.60. The van der Waals surface area contributed by atoms with Gasteiger partial charge in [0, 0.05) is 13.0 Å². The number of hydrogen-bond donors (Lipinski definition) is 1. The number of nitrogens with one attached hydrogen (secondary N) is 1. The zero-order chi connectivity index (χ0) is 15.9. The van der Waals surface area contributed by atoms with Gasteiger partial charge in [-0.25, -0.2) is 0 Å². The molecule has 116 valence electrons. The van der Waals surface area contributed by atoms with E-state index >= 15 is 0 Å². The van der Waals surface area contributed by atoms with Crippen LogP contribution in [-0.4, -0.2) is 24.6 Å². The minimum absolute atomic E-state index is 0.0890. The molecule has 0 fully saturated rings. The smallest absolute Gasteiger partial charge is 0.306 e. The molecule has 0 radical (unpaired) electrons. The van der Waals surface area contributed by atoms with Gasteiger partial charge < -0.3 is 14.8 Å². The Labute approximate surface area is 125 Å². The highest BCUT2D eigenvalue weighted by molar-refractivity contribution is 5.81. The molecular weight excluding hydrogens is 270 g/mol. The van der Waals surface area contributed by atoms with Crippen LogP contribution in [0.2, 0.25) is 0 Å². The van der Waals surface area contributed by atoms with Crippen molar-refractivity contribution in [1.29, 1.82) is 0 Å². The summed E-state index contributed by atoms with van der Waals surface area (Å²) in [4.78, 5) is 23.2. The van der Waals surface area contributed by atoms with Crippen molar-refractivity contribution in [2.75, 3.05) is 7.11 Å². The molecule has 1 rings (SSSR count). The van der Waals surface area contributed by atoms with E-state index in [1.54, 1.807) is 27.9 Å². The van der Waals surface area contributed by atoms with Crippen LogP contribution in [0.3, 0.4) is 0 Å². The van der Waals surface area contributed by atoms with Crippen LogP contribution < -0.4 is 10.1 Å². The van der Waals surface area contributed by atoms with Gasteiger partial charge >= 0.3 is 5.97 Å². The summed E-state index contributed by atoms with van der Waals surface area (Å²) >= 11 is 0. The predicted octanol–water partition coefficient (Wildman–Crippen LogP) is 2.43. The minimum Gasteiger partial charge on any atom is -0.497 e. The topological polar surface area (TPSA) is 64.6 Å². The molecule has 0 atom stereocenters. The molecule has 0 unspecified atom stereocenters. The Bertz CT molecular complexity index is 474. The van der Waals surface area contributed by atoms with Crippen LogP contribution in [0, 0.1) is 0 Å². The van der Waals surface area contributed by atoms with E-state index in [2.05, 4.69) is 5.32 Å². The highest BCUT2D eigenvalue weighted by Crippen LogP contribution is 2.11. The standard InChI is InChI=1S/C16H23NO4/c1-16(2,3)21-15(19)10-9-14(18)17-11-12-5-7-13(20-4)8-6-12/h5-8H,9-11H2,1-4H3,(H,17,18). The van der Waals surface area contributed by atoms with Gasteiger partial charge in [-0.05, 0) is 38.5 Å². The van der Waals surface area contributed by atoms with Crippen molar-refractivity contribution in [2.24, 2.45) is 0 Å². The Morgan fingerprint density at radius 3 is 2.24 bits per heavy atom. The largest absolute Gasteiger partial charge is 0.497 e. The Morgan fingerprint density at radius 2 is 1.71 bits per heavy atom. The zero-order valence-electron chi connectivity index (χ0n) is 13.1. The summed E-state index contributed by atoms with van der Waals surface area (Å²) in [6.45, 7) is 5.83. The van der Waals surface area contributed by atoms with Crippen molar-refractivity contribution in [3.05, 3.63) is 29.8 Å². The fraction of sp³-hybridized carbons (Fsp3) is 0.500. The average molecular weight is 293 g/mol. The van der Waals surface area contributed by atoms with Gasteiger partial charge in [0.25, 0.3) is 0 Å². The number of amides is 1. The van der Waals surface area contributed by atoms with E-state index in [0.717, 1.165) is 11.3 Å². The maximum Gasteiger partial charge on any atom is 0.306 e. The molecule has 0 bridgehead atoms. The number of benzene rings is 1. The van der Waals surface area contributed by atoms with Gasteiger partial charge in [-0.15, -0.1) is 0 Å². The third-order valence-electron chi connectivity index (χ3n) is 2.62. The molecular formula is C16H23NO4. The fourth-order valence-electron chi connectivity index (χ4n) is 1.64. The Balaban J connectivity index is 2.29. The van der Waals surface area contributed by atoms with Crippen LogP contribution in [0.15, 0.2) is 24.3 Å². The molecule has 5 nitrogen and oxygen atoms in total. The van der Waals surface area contributed by atoms with Crippen molar-refractivity contribution in [3.8, 4) is 5.75 Å². The van der Waals surface area contributed by atoms with E-state index in [1.807, 2.05) is 24.3 Å². The summed E-state index contributed by atoms with van der Waals surface area (Å²) in [5.74, 6) is 0.244. The van der Waals surface area contributed by atoms with Crippen molar-refractivity contribution < 1.29 is 19.1 Å². The molecule has 1 aromatic carbocycles.